The van der Waals surface area contributed by atoms with Crippen molar-refractivity contribution in [1.82, 2.24) is 0 Å². The summed E-state index contributed by atoms with van der Waals surface area (Å²) < 4.78 is 17.3. The summed E-state index contributed by atoms with van der Waals surface area (Å²) in [5.74, 6) is -0.565. The zero-order valence-corrected chi connectivity index (χ0v) is 42.9. The van der Waals surface area contributed by atoms with E-state index in [2.05, 4.69) is 130 Å². The Bertz CT molecular complexity index is 1350. The number of allylic oxidation sites excluding steroid dienone is 19. The predicted molar refractivity (Wildman–Crippen MR) is 288 cm³/mol. The highest BCUT2D eigenvalue weighted by molar-refractivity contribution is 5.71. The molecule has 0 bridgehead atoms. The molecule has 0 aliphatic heterocycles. The third kappa shape index (κ3) is 52.9. The van der Waals surface area contributed by atoms with Crippen molar-refractivity contribution in [2.24, 2.45) is 0 Å². The molecule has 0 aromatic rings. The highest BCUT2D eigenvalue weighted by Crippen LogP contribution is 2.13. The smallest absolute Gasteiger partial charge is 0.309 e. The van der Waals surface area contributed by atoms with Crippen molar-refractivity contribution in [1.29, 1.82) is 0 Å². The van der Waals surface area contributed by atoms with Crippen molar-refractivity contribution >= 4 is 11.9 Å². The van der Waals surface area contributed by atoms with E-state index in [0.29, 0.717) is 13.0 Å². The molecule has 0 saturated heterocycles. The molecule has 66 heavy (non-hydrogen) atoms. The molecule has 1 atom stereocenters. The topological polar surface area (TPSA) is 61.8 Å². The second kappa shape index (κ2) is 55.6. The second-order valence-electron chi connectivity index (χ2n) is 17.4. The van der Waals surface area contributed by atoms with Gasteiger partial charge in [0.2, 0.25) is 0 Å². The molecule has 0 saturated carbocycles. The quantitative estimate of drug-likeness (QED) is 0.0346. The molecule has 374 valence electrons. The van der Waals surface area contributed by atoms with E-state index in [9.17, 15) is 9.59 Å². The second-order valence-corrected chi connectivity index (χ2v) is 17.4. The van der Waals surface area contributed by atoms with Gasteiger partial charge in [-0.1, -0.05) is 226 Å². The SMILES string of the molecule is CC/C=C\C/C=C\C/C=C\C/C=C\C/C=C\CC(=O)OCC(COCCCCCCCCC/C=C\C/C=C\C/C=C\C/C=C\CC)OC(=O)CCCCCCC/C=C\CCCCCCCC. The van der Waals surface area contributed by atoms with Gasteiger partial charge in [-0.05, 0) is 109 Å². The molecule has 0 heterocycles. The zero-order valence-electron chi connectivity index (χ0n) is 42.9. The van der Waals surface area contributed by atoms with Crippen LogP contribution >= 0.6 is 0 Å². The Morgan fingerprint density at radius 1 is 0.364 bits per heavy atom. The van der Waals surface area contributed by atoms with Crippen LogP contribution in [0, 0.1) is 0 Å². The van der Waals surface area contributed by atoms with Gasteiger partial charge in [0.05, 0.1) is 13.0 Å². The summed E-state index contributed by atoms with van der Waals surface area (Å²) in [7, 11) is 0. The number of carbonyl (C=O) groups excluding carboxylic acids is 2. The van der Waals surface area contributed by atoms with Gasteiger partial charge in [-0.2, -0.15) is 0 Å². The number of esters is 2. The fourth-order valence-corrected chi connectivity index (χ4v) is 7.04. The first-order chi connectivity index (χ1) is 32.6. The molecule has 0 N–H and O–H groups in total. The summed E-state index contributed by atoms with van der Waals surface area (Å²) in [6.07, 6.45) is 78.1. The van der Waals surface area contributed by atoms with Gasteiger partial charge in [-0.3, -0.25) is 9.59 Å². The van der Waals surface area contributed by atoms with Crippen LogP contribution in [0.5, 0.6) is 0 Å². The largest absolute Gasteiger partial charge is 0.461 e. The summed E-state index contributed by atoms with van der Waals surface area (Å²) >= 11 is 0. The Kier molecular flexibility index (Phi) is 52.5. The van der Waals surface area contributed by atoms with Crippen molar-refractivity contribution in [3.63, 3.8) is 0 Å². The summed E-state index contributed by atoms with van der Waals surface area (Å²) in [4.78, 5) is 25.4. The Morgan fingerprint density at radius 3 is 1.18 bits per heavy atom. The van der Waals surface area contributed by atoms with Gasteiger partial charge in [-0.25, -0.2) is 0 Å². The molecule has 5 heteroatoms. The van der Waals surface area contributed by atoms with E-state index >= 15 is 0 Å². The van der Waals surface area contributed by atoms with Gasteiger partial charge in [-0.15, -0.1) is 0 Å². The maximum Gasteiger partial charge on any atom is 0.309 e. The van der Waals surface area contributed by atoms with Crippen LogP contribution in [0.4, 0.5) is 0 Å². The standard InChI is InChI=1S/C61H100O5/c1-4-7-10-13-16-19-22-25-28-29-30-31-32-35-38-41-44-47-50-53-56-64-57-59(66-61(63)55-52-49-46-43-40-37-34-27-24-21-18-15-12-9-6-3)58-65-60(62)54-51-48-45-42-39-36-33-26-23-20-17-14-11-8-5-2/h7-8,10-11,16-17,19-20,25-28,30-31,33-34,39,42,48,51,59H,4-6,9,12-15,18,21-24,29,32,35-38,40-41,43-47,49-50,52-58H2,1-3H3/b10-7-,11-8-,19-16-,20-17-,28-25-,31-30-,33-26-,34-27-,42-39-,51-48-. The minimum atomic E-state index is -0.594. The van der Waals surface area contributed by atoms with Crippen molar-refractivity contribution in [2.45, 2.75) is 232 Å². The molecule has 0 aliphatic carbocycles. The van der Waals surface area contributed by atoms with Crippen LogP contribution in [-0.2, 0) is 23.8 Å². The molecular weight excluding hydrogens is 813 g/mol. The van der Waals surface area contributed by atoms with Crippen molar-refractivity contribution in [2.75, 3.05) is 19.8 Å². The Balaban J connectivity index is 4.43. The molecule has 0 aromatic carbocycles. The number of rotatable bonds is 48. The fraction of sp³-hybridized carbons (Fsp3) is 0.639. The van der Waals surface area contributed by atoms with Gasteiger partial charge < -0.3 is 14.2 Å². The molecule has 0 amide bonds. The number of ether oxygens (including phenoxy) is 3. The Labute approximate surface area is 407 Å². The van der Waals surface area contributed by atoms with Gasteiger partial charge in [0.1, 0.15) is 6.61 Å². The molecule has 0 radical (unpaired) electrons. The van der Waals surface area contributed by atoms with Crippen LogP contribution < -0.4 is 0 Å². The molecular formula is C61H100O5. The van der Waals surface area contributed by atoms with E-state index in [1.54, 1.807) is 0 Å². The van der Waals surface area contributed by atoms with Crippen molar-refractivity contribution in [3.8, 4) is 0 Å². The van der Waals surface area contributed by atoms with E-state index in [0.717, 1.165) is 103 Å². The number of unbranched alkanes of at least 4 members (excludes halogenated alkanes) is 18. The lowest BCUT2D eigenvalue weighted by molar-refractivity contribution is -0.162. The monoisotopic (exact) mass is 913 g/mol. The summed E-state index contributed by atoms with van der Waals surface area (Å²) in [5.41, 5.74) is 0. The third-order valence-corrected chi connectivity index (χ3v) is 11.0. The first-order valence-corrected chi connectivity index (χ1v) is 27.1. The molecule has 0 aromatic heterocycles. The first-order valence-electron chi connectivity index (χ1n) is 27.1. The summed E-state index contributed by atoms with van der Waals surface area (Å²) in [6, 6.07) is 0. The number of hydrogen-bond acceptors (Lipinski definition) is 5. The van der Waals surface area contributed by atoms with E-state index in [1.165, 1.54) is 89.9 Å². The van der Waals surface area contributed by atoms with Crippen LogP contribution in [0.3, 0.4) is 0 Å². The normalized spacial score (nSPS) is 13.2. The lowest BCUT2D eigenvalue weighted by atomic mass is 10.1. The number of carbonyl (C=O) groups is 2. The zero-order chi connectivity index (χ0) is 47.7. The molecule has 0 aliphatic rings. The fourth-order valence-electron chi connectivity index (χ4n) is 7.04. The maximum absolute atomic E-state index is 12.8. The van der Waals surface area contributed by atoms with E-state index < -0.39 is 6.10 Å². The van der Waals surface area contributed by atoms with E-state index in [1.807, 2.05) is 12.2 Å². The minimum Gasteiger partial charge on any atom is -0.461 e. The minimum absolute atomic E-state index is 0.0164. The van der Waals surface area contributed by atoms with Crippen molar-refractivity contribution in [3.05, 3.63) is 122 Å². The van der Waals surface area contributed by atoms with Gasteiger partial charge in [0.25, 0.3) is 0 Å². The molecule has 0 fully saturated rings. The van der Waals surface area contributed by atoms with Crippen LogP contribution in [0.2, 0.25) is 0 Å². The predicted octanol–water partition coefficient (Wildman–Crippen LogP) is 18.6. The first kappa shape index (κ1) is 62.3. The Hall–Kier alpha value is -3.70. The van der Waals surface area contributed by atoms with Crippen molar-refractivity contribution < 1.29 is 23.8 Å². The third-order valence-electron chi connectivity index (χ3n) is 11.0. The lowest BCUT2D eigenvalue weighted by Crippen LogP contribution is -2.30. The van der Waals surface area contributed by atoms with E-state index in [4.69, 9.17) is 14.2 Å². The highest BCUT2D eigenvalue weighted by atomic mass is 16.6. The molecule has 5 nitrogen and oxygen atoms in total. The van der Waals surface area contributed by atoms with Crippen LogP contribution in [0.15, 0.2) is 122 Å². The average Bonchev–Trinajstić information content (AvgIpc) is 3.32. The summed E-state index contributed by atoms with van der Waals surface area (Å²) in [6.45, 7) is 7.45. The molecule has 0 spiro atoms. The van der Waals surface area contributed by atoms with Gasteiger partial charge in [0, 0.05) is 13.0 Å². The number of hydrogen-bond donors (Lipinski definition) is 0. The Morgan fingerprint density at radius 2 is 0.727 bits per heavy atom. The molecule has 1 unspecified atom stereocenters. The van der Waals surface area contributed by atoms with Crippen LogP contribution in [-0.4, -0.2) is 37.9 Å². The maximum atomic E-state index is 12.8. The lowest BCUT2D eigenvalue weighted by Gasteiger charge is -2.18. The average molecular weight is 913 g/mol. The van der Waals surface area contributed by atoms with E-state index in [-0.39, 0.29) is 31.6 Å². The van der Waals surface area contributed by atoms with Gasteiger partial charge in [0.15, 0.2) is 6.10 Å². The van der Waals surface area contributed by atoms with Gasteiger partial charge >= 0.3 is 11.9 Å². The molecule has 0 rings (SSSR count). The highest BCUT2D eigenvalue weighted by Gasteiger charge is 2.17. The van der Waals surface area contributed by atoms with Crippen LogP contribution in [0.25, 0.3) is 0 Å². The van der Waals surface area contributed by atoms with Crippen LogP contribution in [0.1, 0.15) is 226 Å². The summed E-state index contributed by atoms with van der Waals surface area (Å²) in [5, 5.41) is 0.